The number of amides is 2. The van der Waals surface area contributed by atoms with Gasteiger partial charge in [-0.1, -0.05) is 43.6 Å². The number of hydrogen-bond acceptors (Lipinski definition) is 4. The largest absolute Gasteiger partial charge is 0.335 e. The van der Waals surface area contributed by atoms with Crippen molar-refractivity contribution in [2.45, 2.75) is 64.5 Å². The van der Waals surface area contributed by atoms with Gasteiger partial charge in [-0.05, 0) is 62.4 Å². The number of carbonyl (C=O) groups excluding carboxylic acids is 1. The second-order valence-electron chi connectivity index (χ2n) is 8.21. The van der Waals surface area contributed by atoms with Crippen molar-refractivity contribution in [3.63, 3.8) is 0 Å². The fourth-order valence-electron chi connectivity index (χ4n) is 4.16. The quantitative estimate of drug-likeness (QED) is 0.779. The molecule has 1 aliphatic carbocycles. The molecule has 6 heteroatoms. The van der Waals surface area contributed by atoms with Crippen molar-refractivity contribution in [1.82, 2.24) is 15.2 Å². The zero-order valence-corrected chi connectivity index (χ0v) is 17.0. The number of benzene rings is 1. The molecule has 2 fully saturated rings. The number of nitrogens with one attached hydrogen (secondary N) is 2. The summed E-state index contributed by atoms with van der Waals surface area (Å²) in [7, 11) is 0. The maximum Gasteiger partial charge on any atom is 0.321 e. The monoisotopic (exact) mass is 386 g/mol. The number of thiazole rings is 1. The minimum atomic E-state index is -0.122. The van der Waals surface area contributed by atoms with E-state index in [4.69, 9.17) is 0 Å². The first kappa shape index (κ1) is 18.7. The number of fused-ring (bicyclic) bond motifs is 1. The molecule has 0 unspecified atom stereocenters. The van der Waals surface area contributed by atoms with Gasteiger partial charge in [0.1, 0.15) is 0 Å². The standard InChI is InChI=1S/C21H30N4OS/c1-15-9-11-25(12-10-15)14-16-7-8-18-19(13-16)27-21(23-18)24-20(26)22-17-5-3-2-4-6-17/h7-8,13,15,17H,2-6,9-12,14H2,1H3,(H2,22,23,24,26). The Hall–Kier alpha value is -1.66. The fraction of sp³-hybridized carbons (Fsp3) is 0.619. The van der Waals surface area contributed by atoms with E-state index in [0.717, 1.165) is 35.5 Å². The Morgan fingerprint density at radius 2 is 1.96 bits per heavy atom. The number of urea groups is 1. The zero-order chi connectivity index (χ0) is 18.6. The zero-order valence-electron chi connectivity index (χ0n) is 16.2. The van der Waals surface area contributed by atoms with E-state index in [0.29, 0.717) is 11.2 Å². The van der Waals surface area contributed by atoms with Crippen molar-refractivity contribution in [2.24, 2.45) is 5.92 Å². The smallest absolute Gasteiger partial charge is 0.321 e. The molecule has 0 spiro atoms. The number of carbonyl (C=O) groups is 1. The highest BCUT2D eigenvalue weighted by Gasteiger charge is 2.18. The van der Waals surface area contributed by atoms with Gasteiger partial charge >= 0.3 is 6.03 Å². The molecule has 146 valence electrons. The number of hydrogen-bond donors (Lipinski definition) is 2. The Morgan fingerprint density at radius 3 is 2.74 bits per heavy atom. The summed E-state index contributed by atoms with van der Waals surface area (Å²) < 4.78 is 1.14. The van der Waals surface area contributed by atoms with Crippen LogP contribution in [0.5, 0.6) is 0 Å². The molecular weight excluding hydrogens is 356 g/mol. The van der Waals surface area contributed by atoms with Crippen LogP contribution in [0.1, 0.15) is 57.4 Å². The molecule has 2 aliphatic rings. The molecule has 27 heavy (non-hydrogen) atoms. The van der Waals surface area contributed by atoms with E-state index in [1.807, 2.05) is 0 Å². The first-order valence-corrected chi connectivity index (χ1v) is 11.2. The van der Waals surface area contributed by atoms with Gasteiger partial charge < -0.3 is 5.32 Å². The molecule has 0 atom stereocenters. The first-order valence-electron chi connectivity index (χ1n) is 10.3. The third kappa shape index (κ3) is 4.99. The molecule has 2 heterocycles. The predicted molar refractivity (Wildman–Crippen MR) is 112 cm³/mol. The van der Waals surface area contributed by atoms with Crippen LogP contribution in [0.2, 0.25) is 0 Å². The molecule has 2 N–H and O–H groups in total. The number of nitrogens with zero attached hydrogens (tertiary/aromatic N) is 2. The summed E-state index contributed by atoms with van der Waals surface area (Å²) >= 11 is 1.56. The van der Waals surface area contributed by atoms with E-state index in [1.54, 1.807) is 11.3 Å². The Balaban J connectivity index is 1.36. The maximum absolute atomic E-state index is 12.3. The van der Waals surface area contributed by atoms with Crippen LogP contribution in [0.15, 0.2) is 18.2 Å². The second kappa shape index (κ2) is 8.57. The summed E-state index contributed by atoms with van der Waals surface area (Å²) in [5.74, 6) is 0.860. The fourth-order valence-corrected chi connectivity index (χ4v) is 5.09. The topological polar surface area (TPSA) is 57.3 Å². The summed E-state index contributed by atoms with van der Waals surface area (Å²) in [6.07, 6.45) is 8.49. The van der Waals surface area contributed by atoms with Crippen LogP contribution in [0.3, 0.4) is 0 Å². The number of anilines is 1. The molecule has 1 saturated carbocycles. The predicted octanol–water partition coefficient (Wildman–Crippen LogP) is 4.98. The summed E-state index contributed by atoms with van der Waals surface area (Å²) in [5.41, 5.74) is 2.29. The van der Waals surface area contributed by atoms with Gasteiger partial charge in [0.15, 0.2) is 5.13 Å². The third-order valence-electron chi connectivity index (χ3n) is 5.90. The van der Waals surface area contributed by atoms with Crippen molar-refractivity contribution in [1.29, 1.82) is 0 Å². The second-order valence-corrected chi connectivity index (χ2v) is 9.24. The van der Waals surface area contributed by atoms with E-state index in [2.05, 4.69) is 45.6 Å². The van der Waals surface area contributed by atoms with Crippen LogP contribution in [0.25, 0.3) is 10.2 Å². The highest BCUT2D eigenvalue weighted by molar-refractivity contribution is 7.22. The average Bonchev–Trinajstić information content (AvgIpc) is 3.05. The van der Waals surface area contributed by atoms with Crippen molar-refractivity contribution in [3.05, 3.63) is 23.8 Å². The van der Waals surface area contributed by atoms with Crippen molar-refractivity contribution < 1.29 is 4.79 Å². The summed E-state index contributed by atoms with van der Waals surface area (Å²) in [6, 6.07) is 6.68. The Morgan fingerprint density at radius 1 is 1.19 bits per heavy atom. The molecule has 1 aliphatic heterocycles. The first-order chi connectivity index (χ1) is 13.2. The lowest BCUT2D eigenvalue weighted by molar-refractivity contribution is 0.185. The Labute approximate surface area is 165 Å². The minimum Gasteiger partial charge on any atom is -0.335 e. The van der Waals surface area contributed by atoms with Crippen LogP contribution in [0, 0.1) is 5.92 Å². The van der Waals surface area contributed by atoms with Gasteiger partial charge in [-0.3, -0.25) is 10.2 Å². The average molecular weight is 387 g/mol. The summed E-state index contributed by atoms with van der Waals surface area (Å²) in [6.45, 7) is 5.73. The van der Waals surface area contributed by atoms with E-state index in [9.17, 15) is 4.79 Å². The molecule has 2 aromatic rings. The molecule has 4 rings (SSSR count). The number of aromatic nitrogens is 1. The summed E-state index contributed by atoms with van der Waals surface area (Å²) in [4.78, 5) is 19.4. The van der Waals surface area contributed by atoms with Crippen LogP contribution in [-0.2, 0) is 6.54 Å². The van der Waals surface area contributed by atoms with Gasteiger partial charge in [0.05, 0.1) is 10.2 Å². The lowest BCUT2D eigenvalue weighted by atomic mass is 9.96. The van der Waals surface area contributed by atoms with Gasteiger partial charge in [0, 0.05) is 12.6 Å². The van der Waals surface area contributed by atoms with Crippen LogP contribution in [0.4, 0.5) is 9.93 Å². The third-order valence-corrected chi connectivity index (χ3v) is 6.83. The van der Waals surface area contributed by atoms with Crippen molar-refractivity contribution >= 4 is 32.7 Å². The summed E-state index contributed by atoms with van der Waals surface area (Å²) in [5, 5.41) is 6.70. The lowest BCUT2D eigenvalue weighted by Gasteiger charge is -2.30. The normalized spacial score (nSPS) is 20.0. The SMILES string of the molecule is CC1CCN(Cc2ccc3nc(NC(=O)NC4CCCCC4)sc3c2)CC1. The number of rotatable bonds is 4. The molecule has 0 bridgehead atoms. The molecule has 1 aromatic heterocycles. The van der Waals surface area contributed by atoms with Gasteiger partial charge in [0.25, 0.3) is 0 Å². The van der Waals surface area contributed by atoms with E-state index in [-0.39, 0.29) is 6.03 Å². The van der Waals surface area contributed by atoms with Crippen LogP contribution >= 0.6 is 11.3 Å². The Bertz CT molecular complexity index is 776. The molecule has 0 radical (unpaired) electrons. The van der Waals surface area contributed by atoms with E-state index in [1.165, 1.54) is 50.8 Å². The maximum atomic E-state index is 12.3. The molecule has 2 amide bonds. The molecule has 1 saturated heterocycles. The molecule has 5 nitrogen and oxygen atoms in total. The van der Waals surface area contributed by atoms with Crippen LogP contribution in [-0.4, -0.2) is 35.0 Å². The number of piperidine rings is 1. The lowest BCUT2D eigenvalue weighted by Crippen LogP contribution is -2.38. The van der Waals surface area contributed by atoms with E-state index < -0.39 is 0 Å². The van der Waals surface area contributed by atoms with Crippen molar-refractivity contribution in [3.8, 4) is 0 Å². The van der Waals surface area contributed by atoms with Crippen molar-refractivity contribution in [2.75, 3.05) is 18.4 Å². The highest BCUT2D eigenvalue weighted by Crippen LogP contribution is 2.28. The molecular formula is C21H30N4OS. The molecule has 1 aromatic carbocycles. The van der Waals surface area contributed by atoms with Crippen LogP contribution < -0.4 is 10.6 Å². The Kier molecular flexibility index (Phi) is 5.93. The van der Waals surface area contributed by atoms with Gasteiger partial charge in [0.2, 0.25) is 0 Å². The van der Waals surface area contributed by atoms with E-state index >= 15 is 0 Å². The highest BCUT2D eigenvalue weighted by atomic mass is 32.1. The van der Waals surface area contributed by atoms with Gasteiger partial charge in [-0.15, -0.1) is 0 Å². The number of likely N-dealkylation sites (tertiary alicyclic amines) is 1. The van der Waals surface area contributed by atoms with Gasteiger partial charge in [-0.2, -0.15) is 0 Å². The minimum absolute atomic E-state index is 0.122. The van der Waals surface area contributed by atoms with Gasteiger partial charge in [-0.25, -0.2) is 9.78 Å².